The molecule has 2 saturated heterocycles. The van der Waals surface area contributed by atoms with Gasteiger partial charge in [-0.3, -0.25) is 9.59 Å². The largest absolute Gasteiger partial charge is 0.385 e. The van der Waals surface area contributed by atoms with Gasteiger partial charge in [-0.2, -0.15) is 0 Å². The van der Waals surface area contributed by atoms with Crippen LogP contribution in [0.25, 0.3) is 0 Å². The van der Waals surface area contributed by atoms with E-state index in [1.807, 2.05) is 11.8 Å². The number of aromatic nitrogens is 2. The van der Waals surface area contributed by atoms with Gasteiger partial charge in [0.1, 0.15) is 11.5 Å². The Morgan fingerprint density at radius 3 is 2.81 bits per heavy atom. The summed E-state index contributed by atoms with van der Waals surface area (Å²) in [7, 11) is 1.68. The highest BCUT2D eigenvalue weighted by Crippen LogP contribution is 2.40. The maximum atomic E-state index is 13.1. The van der Waals surface area contributed by atoms with E-state index in [2.05, 4.69) is 9.97 Å². The first-order valence-corrected chi connectivity index (χ1v) is 9.35. The Bertz CT molecular complexity index is 673. The molecule has 7 heteroatoms. The smallest absolute Gasteiger partial charge is 0.272 e. The molecule has 2 amide bonds. The number of ether oxygens (including phenoxy) is 1. The van der Waals surface area contributed by atoms with Crippen molar-refractivity contribution in [3.63, 3.8) is 0 Å². The summed E-state index contributed by atoms with van der Waals surface area (Å²) < 4.78 is 5.10. The van der Waals surface area contributed by atoms with Gasteiger partial charge in [0.05, 0.1) is 5.41 Å². The summed E-state index contributed by atoms with van der Waals surface area (Å²) in [5, 5.41) is 0. The van der Waals surface area contributed by atoms with Crippen LogP contribution in [0.3, 0.4) is 0 Å². The third-order valence-electron chi connectivity index (χ3n) is 5.43. The van der Waals surface area contributed by atoms with E-state index in [4.69, 9.17) is 4.74 Å². The molecule has 2 fully saturated rings. The molecule has 0 bridgehead atoms. The summed E-state index contributed by atoms with van der Waals surface area (Å²) in [5.74, 6) is 0.699. The predicted molar refractivity (Wildman–Crippen MR) is 96.8 cm³/mol. The van der Waals surface area contributed by atoms with Gasteiger partial charge in [-0.15, -0.1) is 0 Å². The second kappa shape index (κ2) is 7.70. The van der Waals surface area contributed by atoms with Gasteiger partial charge in [-0.25, -0.2) is 9.97 Å². The van der Waals surface area contributed by atoms with Gasteiger partial charge in [0, 0.05) is 45.6 Å². The number of rotatable bonds is 5. The van der Waals surface area contributed by atoms with E-state index in [1.165, 1.54) is 0 Å². The minimum absolute atomic E-state index is 0.0974. The number of carbonyl (C=O) groups is 2. The summed E-state index contributed by atoms with van der Waals surface area (Å²) in [6.07, 6.45) is 3.44. The number of likely N-dealkylation sites (tertiary alicyclic amines) is 2. The number of hydrogen-bond donors (Lipinski definition) is 0. The topological polar surface area (TPSA) is 75.6 Å². The van der Waals surface area contributed by atoms with Gasteiger partial charge in [-0.1, -0.05) is 0 Å². The minimum atomic E-state index is -0.419. The summed E-state index contributed by atoms with van der Waals surface area (Å²) >= 11 is 0. The molecule has 1 atom stereocenters. The van der Waals surface area contributed by atoms with Gasteiger partial charge in [0.15, 0.2) is 0 Å². The zero-order chi connectivity index (χ0) is 18.7. The van der Waals surface area contributed by atoms with Gasteiger partial charge in [0.25, 0.3) is 5.91 Å². The summed E-state index contributed by atoms with van der Waals surface area (Å²) in [6, 6.07) is 1.72. The van der Waals surface area contributed by atoms with Crippen molar-refractivity contribution in [2.24, 2.45) is 5.41 Å². The van der Waals surface area contributed by atoms with Gasteiger partial charge < -0.3 is 14.5 Å². The van der Waals surface area contributed by atoms with Crippen LogP contribution in [0.5, 0.6) is 0 Å². The summed E-state index contributed by atoms with van der Waals surface area (Å²) in [6.45, 7) is 6.95. The minimum Gasteiger partial charge on any atom is -0.385 e. The van der Waals surface area contributed by atoms with Crippen LogP contribution in [0, 0.1) is 19.3 Å². The molecule has 142 valence electrons. The van der Waals surface area contributed by atoms with Crippen LogP contribution in [-0.4, -0.2) is 71.5 Å². The highest BCUT2D eigenvalue weighted by molar-refractivity contribution is 5.94. The van der Waals surface area contributed by atoms with Gasteiger partial charge in [-0.05, 0) is 45.6 Å². The second-order valence-corrected chi connectivity index (χ2v) is 7.44. The first-order chi connectivity index (χ1) is 12.4. The standard InChI is InChI=1S/C19H28N4O3/c1-14-12-16(21-15(2)20-14)17(24)23-10-7-19(13-23)6-4-8-22(18(19)25)9-5-11-26-3/h12H,4-11,13H2,1-3H3. The number of aryl methyl sites for hydroxylation is 2. The van der Waals surface area contributed by atoms with Crippen molar-refractivity contribution in [1.82, 2.24) is 19.8 Å². The van der Waals surface area contributed by atoms with E-state index >= 15 is 0 Å². The van der Waals surface area contributed by atoms with Crippen LogP contribution in [0.2, 0.25) is 0 Å². The van der Waals surface area contributed by atoms with Crippen LogP contribution >= 0.6 is 0 Å². The van der Waals surface area contributed by atoms with Crippen molar-refractivity contribution in [3.8, 4) is 0 Å². The molecular weight excluding hydrogens is 332 g/mol. The molecule has 1 unspecified atom stereocenters. The van der Waals surface area contributed by atoms with Gasteiger partial charge >= 0.3 is 0 Å². The molecule has 3 rings (SSSR count). The van der Waals surface area contributed by atoms with Crippen molar-refractivity contribution in [2.75, 3.05) is 39.9 Å². The lowest BCUT2D eigenvalue weighted by Gasteiger charge is -2.39. The third-order valence-corrected chi connectivity index (χ3v) is 5.43. The number of nitrogens with zero attached hydrogens (tertiary/aromatic N) is 4. The molecule has 0 aromatic carbocycles. The molecule has 2 aliphatic heterocycles. The van der Waals surface area contributed by atoms with Crippen LogP contribution in [-0.2, 0) is 9.53 Å². The fourth-order valence-electron chi connectivity index (χ4n) is 4.18. The zero-order valence-corrected chi connectivity index (χ0v) is 16.0. The molecule has 0 N–H and O–H groups in total. The molecule has 1 spiro atoms. The van der Waals surface area contributed by atoms with Crippen LogP contribution in [0.15, 0.2) is 6.07 Å². The number of methoxy groups -OCH3 is 1. The average molecular weight is 360 g/mol. The molecule has 1 aromatic rings. The lowest BCUT2D eigenvalue weighted by molar-refractivity contribution is -0.145. The SMILES string of the molecule is COCCCN1CCCC2(CCN(C(=O)c3cc(C)nc(C)n3)C2)C1=O. The molecular formula is C19H28N4O3. The Labute approximate surface area is 154 Å². The fourth-order valence-corrected chi connectivity index (χ4v) is 4.18. The van der Waals surface area contributed by atoms with Crippen LogP contribution in [0.4, 0.5) is 0 Å². The summed E-state index contributed by atoms with van der Waals surface area (Å²) in [4.78, 5) is 38.2. The van der Waals surface area contributed by atoms with Crippen LogP contribution in [0.1, 0.15) is 47.7 Å². The van der Waals surface area contributed by atoms with E-state index in [0.717, 1.165) is 44.5 Å². The zero-order valence-electron chi connectivity index (χ0n) is 16.0. The monoisotopic (exact) mass is 360 g/mol. The predicted octanol–water partition coefficient (Wildman–Crippen LogP) is 1.58. The lowest BCUT2D eigenvalue weighted by Crippen LogP contribution is -2.50. The molecule has 7 nitrogen and oxygen atoms in total. The number of piperidine rings is 1. The fraction of sp³-hybridized carbons (Fsp3) is 0.684. The Hall–Kier alpha value is -2.02. The van der Waals surface area contributed by atoms with E-state index in [0.29, 0.717) is 31.2 Å². The van der Waals surface area contributed by atoms with E-state index in [1.54, 1.807) is 25.0 Å². The summed E-state index contributed by atoms with van der Waals surface area (Å²) in [5.41, 5.74) is 0.790. The van der Waals surface area contributed by atoms with Crippen LogP contribution < -0.4 is 0 Å². The Morgan fingerprint density at radius 2 is 2.08 bits per heavy atom. The molecule has 2 aliphatic rings. The van der Waals surface area contributed by atoms with Crippen molar-refractivity contribution < 1.29 is 14.3 Å². The molecule has 3 heterocycles. The molecule has 0 saturated carbocycles. The first-order valence-electron chi connectivity index (χ1n) is 9.35. The lowest BCUT2D eigenvalue weighted by atomic mass is 9.78. The molecule has 0 radical (unpaired) electrons. The number of hydrogen-bond acceptors (Lipinski definition) is 5. The second-order valence-electron chi connectivity index (χ2n) is 7.44. The highest BCUT2D eigenvalue weighted by atomic mass is 16.5. The van der Waals surface area contributed by atoms with Crippen molar-refractivity contribution >= 4 is 11.8 Å². The van der Waals surface area contributed by atoms with Gasteiger partial charge in [0.2, 0.25) is 5.91 Å². The normalized spacial score (nSPS) is 23.1. The van der Waals surface area contributed by atoms with E-state index in [-0.39, 0.29) is 11.8 Å². The number of carbonyl (C=O) groups excluding carboxylic acids is 2. The maximum absolute atomic E-state index is 13.1. The van der Waals surface area contributed by atoms with Crippen molar-refractivity contribution in [1.29, 1.82) is 0 Å². The molecule has 26 heavy (non-hydrogen) atoms. The maximum Gasteiger partial charge on any atom is 0.272 e. The molecule has 1 aromatic heterocycles. The van der Waals surface area contributed by atoms with Crippen molar-refractivity contribution in [2.45, 2.75) is 39.5 Å². The van der Waals surface area contributed by atoms with E-state index < -0.39 is 5.41 Å². The third kappa shape index (κ3) is 3.72. The first kappa shape index (κ1) is 18.8. The van der Waals surface area contributed by atoms with E-state index in [9.17, 15) is 9.59 Å². The Morgan fingerprint density at radius 1 is 1.27 bits per heavy atom. The Kier molecular flexibility index (Phi) is 5.55. The molecule has 0 aliphatic carbocycles. The van der Waals surface area contributed by atoms with Crippen molar-refractivity contribution in [3.05, 3.63) is 23.3 Å². The average Bonchev–Trinajstić information content (AvgIpc) is 3.02. The Balaban J connectivity index is 1.70. The quantitative estimate of drug-likeness (QED) is 0.745. The number of amides is 2. The highest BCUT2D eigenvalue weighted by Gasteiger charge is 2.49.